The van der Waals surface area contributed by atoms with Gasteiger partial charge in [0.15, 0.2) is 0 Å². The average Bonchev–Trinajstić information content (AvgIpc) is 3.24. The Balaban J connectivity index is 2.35. The summed E-state index contributed by atoms with van der Waals surface area (Å²) in [6.45, 7) is 5.43. The molecule has 1 aliphatic rings. The lowest BCUT2D eigenvalue weighted by Crippen LogP contribution is -2.54. The van der Waals surface area contributed by atoms with Gasteiger partial charge >= 0.3 is 0 Å². The average molecular weight is 246 g/mol. The maximum Gasteiger partial charge on any atom is 0.247 e. The van der Waals surface area contributed by atoms with E-state index >= 15 is 0 Å². The molecular weight excluding hydrogens is 224 g/mol. The lowest BCUT2D eigenvalue weighted by Gasteiger charge is -2.34. The van der Waals surface area contributed by atoms with Crippen LogP contribution in [0.4, 0.5) is 0 Å². The second-order valence-corrected chi connectivity index (χ2v) is 4.99. The summed E-state index contributed by atoms with van der Waals surface area (Å²) in [7, 11) is 0. The second-order valence-electron chi connectivity index (χ2n) is 4.99. The van der Waals surface area contributed by atoms with Crippen LogP contribution in [-0.4, -0.2) is 23.9 Å². The number of carbonyl (C=O) groups excluding carboxylic acids is 1. The molecule has 3 heteroatoms. The molecule has 1 fully saturated rings. The zero-order valence-electron chi connectivity index (χ0n) is 11.2. The van der Waals surface area contributed by atoms with Gasteiger partial charge in [-0.25, -0.2) is 0 Å². The van der Waals surface area contributed by atoms with Crippen LogP contribution in [0.15, 0.2) is 30.3 Å². The largest absolute Gasteiger partial charge is 0.341 e. The van der Waals surface area contributed by atoms with E-state index in [2.05, 4.69) is 0 Å². The van der Waals surface area contributed by atoms with Crippen LogP contribution in [-0.2, 0) is 10.3 Å². The van der Waals surface area contributed by atoms with E-state index < -0.39 is 5.54 Å². The van der Waals surface area contributed by atoms with E-state index in [4.69, 9.17) is 5.73 Å². The monoisotopic (exact) mass is 246 g/mol. The highest BCUT2D eigenvalue weighted by atomic mass is 16.2. The van der Waals surface area contributed by atoms with Crippen molar-refractivity contribution < 1.29 is 4.79 Å². The van der Waals surface area contributed by atoms with Crippen molar-refractivity contribution in [1.29, 1.82) is 0 Å². The number of rotatable bonds is 5. The fourth-order valence-corrected chi connectivity index (χ4v) is 2.56. The van der Waals surface area contributed by atoms with E-state index in [0.29, 0.717) is 19.0 Å². The van der Waals surface area contributed by atoms with Crippen molar-refractivity contribution in [2.75, 3.05) is 13.1 Å². The quantitative estimate of drug-likeness (QED) is 0.865. The van der Waals surface area contributed by atoms with Crippen molar-refractivity contribution in [3.8, 4) is 0 Å². The minimum Gasteiger partial charge on any atom is -0.341 e. The van der Waals surface area contributed by atoms with Gasteiger partial charge in [0.25, 0.3) is 0 Å². The lowest BCUT2D eigenvalue weighted by molar-refractivity contribution is -0.138. The Hall–Kier alpha value is -1.35. The van der Waals surface area contributed by atoms with Gasteiger partial charge in [0, 0.05) is 13.1 Å². The van der Waals surface area contributed by atoms with Crippen molar-refractivity contribution in [1.82, 2.24) is 4.90 Å². The molecule has 0 aromatic heterocycles. The van der Waals surface area contributed by atoms with Gasteiger partial charge in [-0.2, -0.15) is 0 Å². The van der Waals surface area contributed by atoms with Crippen LogP contribution in [0.5, 0.6) is 0 Å². The van der Waals surface area contributed by atoms with E-state index in [0.717, 1.165) is 18.4 Å². The first kappa shape index (κ1) is 13.1. The fraction of sp³-hybridized carbons (Fsp3) is 0.533. The summed E-state index contributed by atoms with van der Waals surface area (Å²) < 4.78 is 0. The van der Waals surface area contributed by atoms with E-state index in [1.165, 1.54) is 0 Å². The van der Waals surface area contributed by atoms with E-state index in [9.17, 15) is 4.79 Å². The zero-order chi connectivity index (χ0) is 13.2. The second kappa shape index (κ2) is 5.11. The lowest BCUT2D eigenvalue weighted by atomic mass is 9.84. The molecule has 3 nitrogen and oxygen atoms in total. The first-order chi connectivity index (χ1) is 8.64. The molecule has 1 aromatic carbocycles. The van der Waals surface area contributed by atoms with E-state index in [1.54, 1.807) is 0 Å². The minimum atomic E-state index is -0.826. The number of hydrogen-bond donors (Lipinski definition) is 1. The van der Waals surface area contributed by atoms with Gasteiger partial charge in [0.2, 0.25) is 5.91 Å². The van der Waals surface area contributed by atoms with Crippen molar-refractivity contribution in [2.24, 2.45) is 11.7 Å². The molecule has 1 aliphatic carbocycles. The summed E-state index contributed by atoms with van der Waals surface area (Å²) in [5.41, 5.74) is 6.65. The van der Waals surface area contributed by atoms with Crippen LogP contribution in [0.1, 0.15) is 32.3 Å². The highest BCUT2D eigenvalue weighted by Gasteiger charge is 2.50. The Morgan fingerprint density at radius 2 is 1.83 bits per heavy atom. The van der Waals surface area contributed by atoms with Gasteiger partial charge in [-0.1, -0.05) is 30.3 Å². The van der Waals surface area contributed by atoms with Crippen molar-refractivity contribution in [3.63, 3.8) is 0 Å². The Bertz CT molecular complexity index is 410. The molecule has 0 heterocycles. The summed E-state index contributed by atoms with van der Waals surface area (Å²) in [4.78, 5) is 14.5. The normalized spacial score (nSPS) is 18.2. The van der Waals surface area contributed by atoms with Crippen LogP contribution < -0.4 is 5.73 Å². The summed E-state index contributed by atoms with van der Waals surface area (Å²) >= 11 is 0. The highest BCUT2D eigenvalue weighted by molar-refractivity contribution is 5.88. The standard InChI is InChI=1S/C15H22N2O/c1-3-17(4-2)14(18)15(16,13-10-11-13)12-8-6-5-7-9-12/h5-9,13H,3-4,10-11,16H2,1-2H3. The number of amides is 1. The molecule has 0 bridgehead atoms. The summed E-state index contributed by atoms with van der Waals surface area (Å²) in [5.74, 6) is 0.370. The molecule has 1 saturated carbocycles. The third kappa shape index (κ3) is 2.15. The SMILES string of the molecule is CCN(CC)C(=O)C(N)(c1ccccc1)C1CC1. The van der Waals surface area contributed by atoms with Crippen LogP contribution >= 0.6 is 0 Å². The first-order valence-corrected chi connectivity index (χ1v) is 6.78. The number of likely N-dealkylation sites (N-methyl/N-ethyl adjacent to an activating group) is 1. The van der Waals surface area contributed by atoms with Gasteiger partial charge in [0.05, 0.1) is 0 Å². The molecule has 98 valence electrons. The van der Waals surface area contributed by atoms with Gasteiger partial charge < -0.3 is 10.6 Å². The number of nitrogens with two attached hydrogens (primary N) is 1. The third-order valence-corrected chi connectivity index (χ3v) is 3.88. The van der Waals surface area contributed by atoms with Crippen LogP contribution in [0, 0.1) is 5.92 Å². The highest BCUT2D eigenvalue weighted by Crippen LogP contribution is 2.45. The number of hydrogen-bond acceptors (Lipinski definition) is 2. The molecule has 1 atom stereocenters. The van der Waals surface area contributed by atoms with Gasteiger partial charge in [-0.15, -0.1) is 0 Å². The molecule has 0 saturated heterocycles. The molecule has 1 unspecified atom stereocenters. The molecule has 2 N–H and O–H groups in total. The number of carbonyl (C=O) groups is 1. The zero-order valence-corrected chi connectivity index (χ0v) is 11.2. The van der Waals surface area contributed by atoms with Gasteiger partial charge in [-0.05, 0) is 38.2 Å². The van der Waals surface area contributed by atoms with Crippen LogP contribution in [0.3, 0.4) is 0 Å². The predicted molar refractivity (Wildman–Crippen MR) is 73.0 cm³/mol. The number of benzene rings is 1. The van der Waals surface area contributed by atoms with Gasteiger partial charge in [-0.3, -0.25) is 4.79 Å². The first-order valence-electron chi connectivity index (χ1n) is 6.78. The fourth-order valence-electron chi connectivity index (χ4n) is 2.56. The Morgan fingerprint density at radius 1 is 1.28 bits per heavy atom. The molecule has 2 rings (SSSR count). The maximum atomic E-state index is 12.7. The molecule has 1 amide bonds. The van der Waals surface area contributed by atoms with Crippen LogP contribution in [0.2, 0.25) is 0 Å². The van der Waals surface area contributed by atoms with E-state index in [1.807, 2.05) is 49.1 Å². The molecule has 0 aliphatic heterocycles. The van der Waals surface area contributed by atoms with Crippen molar-refractivity contribution >= 4 is 5.91 Å². The maximum absolute atomic E-state index is 12.7. The smallest absolute Gasteiger partial charge is 0.247 e. The predicted octanol–water partition coefficient (Wildman–Crippen LogP) is 2.12. The van der Waals surface area contributed by atoms with Gasteiger partial charge in [0.1, 0.15) is 5.54 Å². The molecule has 0 radical (unpaired) electrons. The third-order valence-electron chi connectivity index (χ3n) is 3.88. The Kier molecular flexibility index (Phi) is 3.71. The van der Waals surface area contributed by atoms with Crippen molar-refractivity contribution in [2.45, 2.75) is 32.2 Å². The van der Waals surface area contributed by atoms with Crippen molar-refractivity contribution in [3.05, 3.63) is 35.9 Å². The molecule has 18 heavy (non-hydrogen) atoms. The molecular formula is C15H22N2O. The minimum absolute atomic E-state index is 0.0706. The Morgan fingerprint density at radius 3 is 2.28 bits per heavy atom. The molecule has 0 spiro atoms. The van der Waals surface area contributed by atoms with E-state index in [-0.39, 0.29) is 5.91 Å². The molecule has 1 aromatic rings. The number of nitrogens with zero attached hydrogens (tertiary/aromatic N) is 1. The Labute approximate surface area is 109 Å². The summed E-state index contributed by atoms with van der Waals surface area (Å²) in [6.07, 6.45) is 2.11. The topological polar surface area (TPSA) is 46.3 Å². The van der Waals surface area contributed by atoms with Crippen LogP contribution in [0.25, 0.3) is 0 Å². The summed E-state index contributed by atoms with van der Waals surface area (Å²) in [6, 6.07) is 9.81. The summed E-state index contributed by atoms with van der Waals surface area (Å²) in [5, 5.41) is 0.